The number of fused-ring (bicyclic) bond motifs is 1. The first-order chi connectivity index (χ1) is 9.15. The fourth-order valence-corrected chi connectivity index (χ4v) is 3.08. The predicted octanol–water partition coefficient (Wildman–Crippen LogP) is 4.56. The average Bonchev–Trinajstić information content (AvgIpc) is 2.79. The van der Waals surface area contributed by atoms with Gasteiger partial charge in [-0.1, -0.05) is 18.2 Å². The molecule has 1 aliphatic rings. The van der Waals surface area contributed by atoms with Crippen LogP contribution in [0.1, 0.15) is 29.2 Å². The molecule has 3 heteroatoms. The van der Waals surface area contributed by atoms with Crippen LogP contribution in [0.3, 0.4) is 0 Å². The second kappa shape index (κ2) is 4.89. The highest BCUT2D eigenvalue weighted by atomic mass is 79.9. The molecule has 0 saturated heterocycles. The van der Waals surface area contributed by atoms with Gasteiger partial charge in [-0.2, -0.15) is 0 Å². The van der Waals surface area contributed by atoms with E-state index >= 15 is 0 Å². The van der Waals surface area contributed by atoms with Gasteiger partial charge in [-0.3, -0.25) is 0 Å². The van der Waals surface area contributed by atoms with Gasteiger partial charge in [0.25, 0.3) is 0 Å². The highest BCUT2D eigenvalue weighted by Gasteiger charge is 2.24. The van der Waals surface area contributed by atoms with Crippen LogP contribution in [0.25, 0.3) is 0 Å². The smallest absolute Gasteiger partial charge is 0.119 e. The quantitative estimate of drug-likeness (QED) is 0.850. The standard InChI is InChI=1S/C16H16BrNO/c1-10-5-7-13(17)15(9-10)18-14-8-6-12-11(14)3-2-4-16(12)19/h2-5,7,9,14,18-19H,6,8H2,1H3. The van der Waals surface area contributed by atoms with E-state index in [1.54, 1.807) is 6.07 Å². The van der Waals surface area contributed by atoms with Gasteiger partial charge in [-0.05, 0) is 70.6 Å². The molecule has 0 amide bonds. The lowest BCUT2D eigenvalue weighted by Crippen LogP contribution is -2.07. The van der Waals surface area contributed by atoms with E-state index in [1.165, 1.54) is 11.1 Å². The molecule has 2 aromatic rings. The molecular weight excluding hydrogens is 302 g/mol. The summed E-state index contributed by atoms with van der Waals surface area (Å²) in [6.45, 7) is 2.09. The summed E-state index contributed by atoms with van der Waals surface area (Å²) < 4.78 is 1.08. The Bertz CT molecular complexity index is 624. The Morgan fingerprint density at radius 2 is 2.11 bits per heavy atom. The molecule has 0 saturated carbocycles. The summed E-state index contributed by atoms with van der Waals surface area (Å²) in [7, 11) is 0. The lowest BCUT2D eigenvalue weighted by atomic mass is 10.1. The SMILES string of the molecule is Cc1ccc(Br)c(NC2CCc3c(O)cccc32)c1. The molecule has 2 aromatic carbocycles. The van der Waals surface area contributed by atoms with Crippen molar-refractivity contribution in [2.45, 2.75) is 25.8 Å². The lowest BCUT2D eigenvalue weighted by molar-refractivity contribution is 0.469. The molecule has 1 aliphatic carbocycles. The van der Waals surface area contributed by atoms with Crippen molar-refractivity contribution in [2.24, 2.45) is 0 Å². The predicted molar refractivity (Wildman–Crippen MR) is 81.7 cm³/mol. The van der Waals surface area contributed by atoms with E-state index in [-0.39, 0.29) is 6.04 Å². The monoisotopic (exact) mass is 317 g/mol. The topological polar surface area (TPSA) is 32.3 Å². The number of aromatic hydroxyl groups is 1. The highest BCUT2D eigenvalue weighted by molar-refractivity contribution is 9.10. The van der Waals surface area contributed by atoms with E-state index in [2.05, 4.69) is 52.4 Å². The van der Waals surface area contributed by atoms with Gasteiger partial charge >= 0.3 is 0 Å². The van der Waals surface area contributed by atoms with Gasteiger partial charge in [0, 0.05) is 10.2 Å². The number of nitrogens with one attached hydrogen (secondary N) is 1. The van der Waals surface area contributed by atoms with E-state index in [4.69, 9.17) is 0 Å². The molecule has 1 unspecified atom stereocenters. The number of anilines is 1. The van der Waals surface area contributed by atoms with E-state index < -0.39 is 0 Å². The van der Waals surface area contributed by atoms with Crippen LogP contribution < -0.4 is 5.32 Å². The third-order valence-electron chi connectivity index (χ3n) is 3.70. The number of hydrogen-bond donors (Lipinski definition) is 2. The van der Waals surface area contributed by atoms with Gasteiger partial charge in [0.05, 0.1) is 6.04 Å². The van der Waals surface area contributed by atoms with E-state index in [0.29, 0.717) is 5.75 Å². The average molecular weight is 318 g/mol. The Kier molecular flexibility index (Phi) is 3.23. The maximum atomic E-state index is 9.88. The molecule has 1 atom stereocenters. The number of hydrogen-bond acceptors (Lipinski definition) is 2. The Balaban J connectivity index is 1.91. The zero-order valence-corrected chi connectivity index (χ0v) is 12.4. The zero-order valence-electron chi connectivity index (χ0n) is 10.8. The third kappa shape index (κ3) is 2.35. The number of rotatable bonds is 2. The molecule has 0 spiro atoms. The van der Waals surface area contributed by atoms with E-state index in [0.717, 1.165) is 28.6 Å². The van der Waals surface area contributed by atoms with Crippen molar-refractivity contribution >= 4 is 21.6 Å². The van der Waals surface area contributed by atoms with Crippen LogP contribution in [0, 0.1) is 6.92 Å². The van der Waals surface area contributed by atoms with Gasteiger partial charge < -0.3 is 10.4 Å². The first-order valence-corrected chi connectivity index (χ1v) is 7.28. The largest absolute Gasteiger partial charge is 0.508 e. The van der Waals surface area contributed by atoms with Crippen LogP contribution in [0.5, 0.6) is 5.75 Å². The molecule has 19 heavy (non-hydrogen) atoms. The lowest BCUT2D eigenvalue weighted by Gasteiger charge is -2.17. The van der Waals surface area contributed by atoms with Crippen LogP contribution in [-0.2, 0) is 6.42 Å². The summed E-state index contributed by atoms with van der Waals surface area (Å²) in [6.07, 6.45) is 1.95. The minimum absolute atomic E-state index is 0.278. The first-order valence-electron chi connectivity index (χ1n) is 6.48. The summed E-state index contributed by atoms with van der Waals surface area (Å²) in [5, 5.41) is 13.5. The van der Waals surface area contributed by atoms with Crippen molar-refractivity contribution in [1.29, 1.82) is 0 Å². The van der Waals surface area contributed by atoms with Crippen molar-refractivity contribution in [1.82, 2.24) is 0 Å². The van der Waals surface area contributed by atoms with Crippen molar-refractivity contribution in [2.75, 3.05) is 5.32 Å². The molecular formula is C16H16BrNO. The summed E-state index contributed by atoms with van der Waals surface area (Å²) in [4.78, 5) is 0. The van der Waals surface area contributed by atoms with Crippen LogP contribution in [0.2, 0.25) is 0 Å². The molecule has 0 bridgehead atoms. The Labute approximate surface area is 121 Å². The molecule has 0 aliphatic heterocycles. The van der Waals surface area contributed by atoms with Crippen molar-refractivity contribution in [3.8, 4) is 5.75 Å². The number of aryl methyl sites for hydroxylation is 1. The van der Waals surface area contributed by atoms with Crippen molar-refractivity contribution < 1.29 is 5.11 Å². The zero-order chi connectivity index (χ0) is 13.4. The number of phenolic OH excluding ortho intramolecular Hbond substituents is 1. The third-order valence-corrected chi connectivity index (χ3v) is 4.39. The molecule has 2 nitrogen and oxygen atoms in total. The molecule has 98 valence electrons. The number of phenols is 1. The second-order valence-electron chi connectivity index (χ2n) is 5.06. The van der Waals surface area contributed by atoms with Gasteiger partial charge in [0.2, 0.25) is 0 Å². The van der Waals surface area contributed by atoms with Crippen molar-refractivity contribution in [3.63, 3.8) is 0 Å². The van der Waals surface area contributed by atoms with Crippen molar-refractivity contribution in [3.05, 3.63) is 57.6 Å². The normalized spacial score (nSPS) is 17.3. The molecule has 0 radical (unpaired) electrons. The second-order valence-corrected chi connectivity index (χ2v) is 5.92. The first kappa shape index (κ1) is 12.5. The van der Waals surface area contributed by atoms with Crippen LogP contribution in [0.4, 0.5) is 5.69 Å². The molecule has 2 N–H and O–H groups in total. The number of halogens is 1. The maximum Gasteiger partial charge on any atom is 0.119 e. The van der Waals surface area contributed by atoms with Crippen LogP contribution in [0.15, 0.2) is 40.9 Å². The summed E-state index contributed by atoms with van der Waals surface area (Å²) in [5.74, 6) is 0.421. The van der Waals surface area contributed by atoms with Gasteiger partial charge in [0.1, 0.15) is 5.75 Å². The summed E-state index contributed by atoms with van der Waals surface area (Å²) in [5.41, 5.74) is 4.65. The Morgan fingerprint density at radius 1 is 1.26 bits per heavy atom. The summed E-state index contributed by atoms with van der Waals surface area (Å²) in [6, 6.07) is 12.4. The minimum atomic E-state index is 0.278. The fourth-order valence-electron chi connectivity index (χ4n) is 2.72. The Hall–Kier alpha value is -1.48. The molecule has 0 fully saturated rings. The molecule has 0 aromatic heterocycles. The fraction of sp³-hybridized carbons (Fsp3) is 0.250. The van der Waals surface area contributed by atoms with E-state index in [1.807, 2.05) is 6.07 Å². The minimum Gasteiger partial charge on any atom is -0.508 e. The maximum absolute atomic E-state index is 9.88. The van der Waals surface area contributed by atoms with Crippen LogP contribution >= 0.6 is 15.9 Å². The molecule has 3 rings (SSSR count). The summed E-state index contributed by atoms with van der Waals surface area (Å²) >= 11 is 3.58. The van der Waals surface area contributed by atoms with Crippen LogP contribution in [-0.4, -0.2) is 5.11 Å². The van der Waals surface area contributed by atoms with Gasteiger partial charge in [0.15, 0.2) is 0 Å². The van der Waals surface area contributed by atoms with E-state index in [9.17, 15) is 5.11 Å². The van der Waals surface area contributed by atoms with Gasteiger partial charge in [-0.15, -0.1) is 0 Å². The van der Waals surface area contributed by atoms with Gasteiger partial charge in [-0.25, -0.2) is 0 Å². The number of benzene rings is 2. The Morgan fingerprint density at radius 3 is 2.95 bits per heavy atom. The highest BCUT2D eigenvalue weighted by Crippen LogP contribution is 2.39. The molecule has 0 heterocycles.